The molecule has 1 amide bonds. The maximum Gasteiger partial charge on any atom is 0.419 e. The van der Waals surface area contributed by atoms with Gasteiger partial charge in [0.25, 0.3) is 11.7 Å². The molecule has 0 atom stereocenters. The second kappa shape index (κ2) is 8.79. The predicted octanol–water partition coefficient (Wildman–Crippen LogP) is 1.19. The van der Waals surface area contributed by atoms with E-state index in [0.717, 1.165) is 35.8 Å². The highest BCUT2D eigenvalue weighted by Crippen LogP contribution is 2.28. The van der Waals surface area contributed by atoms with Gasteiger partial charge >= 0.3 is 6.18 Å². The number of H-pyrrole nitrogens is 1. The number of rotatable bonds is 5. The van der Waals surface area contributed by atoms with Crippen LogP contribution in [0.1, 0.15) is 11.1 Å². The Morgan fingerprint density at radius 2 is 1.96 bits per heavy atom. The van der Waals surface area contributed by atoms with E-state index in [1.54, 1.807) is 6.07 Å². The van der Waals surface area contributed by atoms with E-state index in [-0.39, 0.29) is 5.91 Å². The molecule has 0 unspecified atom stereocenters. The number of hydrogen-bond donors (Lipinski definition) is 2. The molecule has 0 radical (unpaired) electrons. The van der Waals surface area contributed by atoms with E-state index >= 15 is 0 Å². The Morgan fingerprint density at radius 1 is 1.21 bits per heavy atom. The van der Waals surface area contributed by atoms with Gasteiger partial charge in [0, 0.05) is 17.6 Å². The van der Waals surface area contributed by atoms with Crippen molar-refractivity contribution in [2.24, 2.45) is 0 Å². The zero-order valence-corrected chi connectivity index (χ0v) is 15.9. The number of anilines is 1. The average Bonchev–Trinajstić information content (AvgIpc) is 2.67. The van der Waals surface area contributed by atoms with E-state index in [4.69, 9.17) is 11.6 Å². The molecule has 1 saturated heterocycles. The Morgan fingerprint density at radius 3 is 2.57 bits per heavy atom. The van der Waals surface area contributed by atoms with Gasteiger partial charge in [-0.15, -0.1) is 0 Å². The summed E-state index contributed by atoms with van der Waals surface area (Å²) >= 11 is 5.93. The van der Waals surface area contributed by atoms with Crippen LogP contribution in [-0.4, -0.2) is 38.6 Å². The first-order valence-corrected chi connectivity index (χ1v) is 9.37. The van der Waals surface area contributed by atoms with Crippen LogP contribution in [0.15, 0.2) is 42.6 Å². The molecule has 0 spiro atoms. The van der Waals surface area contributed by atoms with Crippen molar-refractivity contribution in [1.82, 2.24) is 5.32 Å². The SMILES string of the molecule is O=C(C[NH+]1CCN(c2ccc(C(F)(F)F)c[nH+]2)CC1)NCc1cccc(Cl)c1. The second-order valence-corrected chi connectivity index (χ2v) is 7.22. The Labute approximate surface area is 166 Å². The van der Waals surface area contributed by atoms with Gasteiger partial charge in [-0.2, -0.15) is 13.2 Å². The highest BCUT2D eigenvalue weighted by molar-refractivity contribution is 6.30. The molecule has 1 aromatic heterocycles. The van der Waals surface area contributed by atoms with Crippen LogP contribution in [0, 0.1) is 0 Å². The summed E-state index contributed by atoms with van der Waals surface area (Å²) in [6, 6.07) is 9.86. The molecular weight excluding hydrogens is 393 g/mol. The van der Waals surface area contributed by atoms with Crippen molar-refractivity contribution >= 4 is 23.3 Å². The van der Waals surface area contributed by atoms with Gasteiger partial charge in [-0.05, 0) is 23.8 Å². The third kappa shape index (κ3) is 5.59. The standard InChI is InChI=1S/C19H20ClF3N4O/c20-16-3-1-2-14(10-16)11-25-18(28)13-26-6-8-27(9-7-26)17-5-4-15(12-24-17)19(21,22)23/h1-5,10,12H,6-9,11,13H2,(H,25,28)/p+2. The molecule has 2 heterocycles. The first-order valence-electron chi connectivity index (χ1n) is 9.00. The van der Waals surface area contributed by atoms with Crippen molar-refractivity contribution < 1.29 is 27.8 Å². The molecule has 0 saturated carbocycles. The Balaban J connectivity index is 1.44. The summed E-state index contributed by atoms with van der Waals surface area (Å²) in [7, 11) is 0. The van der Waals surface area contributed by atoms with Crippen molar-refractivity contribution in [3.8, 4) is 0 Å². The number of amides is 1. The lowest BCUT2D eigenvalue weighted by Gasteiger charge is -2.28. The van der Waals surface area contributed by atoms with Gasteiger partial charge < -0.3 is 10.2 Å². The summed E-state index contributed by atoms with van der Waals surface area (Å²) in [5, 5.41) is 3.52. The van der Waals surface area contributed by atoms with Gasteiger partial charge in [0.1, 0.15) is 32.4 Å². The third-order valence-electron chi connectivity index (χ3n) is 4.72. The smallest absolute Gasteiger partial charge is 0.347 e. The van der Waals surface area contributed by atoms with E-state index < -0.39 is 11.7 Å². The van der Waals surface area contributed by atoms with E-state index in [1.807, 2.05) is 23.1 Å². The molecule has 9 heteroatoms. The van der Waals surface area contributed by atoms with Gasteiger partial charge in [-0.25, -0.2) is 4.98 Å². The van der Waals surface area contributed by atoms with Crippen molar-refractivity contribution in [1.29, 1.82) is 0 Å². The van der Waals surface area contributed by atoms with Crippen LogP contribution in [-0.2, 0) is 17.5 Å². The number of carbonyl (C=O) groups excluding carboxylic acids is 1. The normalized spacial score (nSPS) is 15.5. The first-order chi connectivity index (χ1) is 13.3. The van der Waals surface area contributed by atoms with Crippen molar-refractivity contribution in [2.75, 3.05) is 37.6 Å². The molecule has 3 rings (SSSR count). The second-order valence-electron chi connectivity index (χ2n) is 6.78. The average molecular weight is 415 g/mol. The molecule has 1 aliphatic heterocycles. The minimum atomic E-state index is -4.35. The van der Waals surface area contributed by atoms with Gasteiger partial charge in [-0.1, -0.05) is 23.7 Å². The third-order valence-corrected chi connectivity index (χ3v) is 4.96. The number of nitrogens with one attached hydrogen (secondary N) is 3. The van der Waals surface area contributed by atoms with Gasteiger partial charge in [-0.3, -0.25) is 9.69 Å². The van der Waals surface area contributed by atoms with Gasteiger partial charge in [0.2, 0.25) is 0 Å². The summed E-state index contributed by atoms with van der Waals surface area (Å²) in [6.07, 6.45) is -3.37. The Hall–Kier alpha value is -2.32. The molecule has 2 aromatic rings. The van der Waals surface area contributed by atoms with Crippen LogP contribution in [0.3, 0.4) is 0 Å². The maximum atomic E-state index is 12.6. The fraction of sp³-hybridized carbons (Fsp3) is 0.368. The fourth-order valence-electron chi connectivity index (χ4n) is 3.17. The van der Waals surface area contributed by atoms with E-state index in [2.05, 4.69) is 10.3 Å². The highest BCUT2D eigenvalue weighted by Gasteiger charge is 2.33. The van der Waals surface area contributed by atoms with E-state index in [1.165, 1.54) is 6.07 Å². The van der Waals surface area contributed by atoms with E-state index in [9.17, 15) is 18.0 Å². The molecular formula is C19H22ClF3N4O+2. The number of hydrogen-bond acceptors (Lipinski definition) is 2. The van der Waals surface area contributed by atoms with E-state index in [0.29, 0.717) is 37.0 Å². The molecule has 0 aliphatic carbocycles. The van der Waals surface area contributed by atoms with Crippen LogP contribution in [0.4, 0.5) is 19.0 Å². The summed E-state index contributed by atoms with van der Waals surface area (Å²) < 4.78 is 37.9. The number of benzene rings is 1. The number of aromatic amines is 1. The van der Waals surface area contributed by atoms with Crippen LogP contribution < -0.4 is 20.1 Å². The number of carbonyl (C=O) groups is 1. The number of pyridine rings is 1. The Kier molecular flexibility index (Phi) is 6.41. The first kappa shape index (κ1) is 20.4. The maximum absolute atomic E-state index is 12.6. The van der Waals surface area contributed by atoms with Crippen LogP contribution in [0.2, 0.25) is 5.02 Å². The van der Waals surface area contributed by atoms with Crippen LogP contribution in [0.5, 0.6) is 0 Å². The molecule has 0 bridgehead atoms. The minimum Gasteiger partial charge on any atom is -0.347 e. The molecule has 1 aliphatic rings. The van der Waals surface area contributed by atoms with Gasteiger partial charge in [0.05, 0.1) is 5.56 Å². The fourth-order valence-corrected chi connectivity index (χ4v) is 3.38. The van der Waals surface area contributed by atoms with Crippen molar-refractivity contribution in [3.05, 3.63) is 58.7 Å². The number of alkyl halides is 3. The lowest BCUT2D eigenvalue weighted by Crippen LogP contribution is -3.16. The number of halogens is 4. The molecule has 3 N–H and O–H groups in total. The highest BCUT2D eigenvalue weighted by atomic mass is 35.5. The molecule has 5 nitrogen and oxygen atoms in total. The zero-order valence-electron chi connectivity index (χ0n) is 15.2. The lowest BCUT2D eigenvalue weighted by molar-refractivity contribution is -0.892. The van der Waals surface area contributed by atoms with Crippen molar-refractivity contribution in [3.63, 3.8) is 0 Å². The lowest BCUT2D eigenvalue weighted by atomic mass is 10.2. The monoisotopic (exact) mass is 414 g/mol. The quantitative estimate of drug-likeness (QED) is 0.772. The summed E-state index contributed by atoms with van der Waals surface area (Å²) in [6.45, 7) is 3.60. The minimum absolute atomic E-state index is 0.0375. The summed E-state index contributed by atoms with van der Waals surface area (Å²) in [5.41, 5.74) is 0.246. The predicted molar refractivity (Wildman–Crippen MR) is 99.1 cm³/mol. The number of quaternary nitrogens is 1. The molecule has 150 valence electrons. The molecule has 28 heavy (non-hydrogen) atoms. The Bertz CT molecular complexity index is 806. The zero-order chi connectivity index (χ0) is 20.1. The number of nitrogens with zero attached hydrogens (tertiary/aromatic N) is 1. The molecule has 1 aromatic carbocycles. The summed E-state index contributed by atoms with van der Waals surface area (Å²) in [5.74, 6) is 0.613. The number of aromatic nitrogens is 1. The largest absolute Gasteiger partial charge is 0.419 e. The molecule has 1 fully saturated rings. The van der Waals surface area contributed by atoms with Crippen molar-refractivity contribution in [2.45, 2.75) is 12.7 Å². The topological polar surface area (TPSA) is 50.9 Å². The van der Waals surface area contributed by atoms with Gasteiger partial charge in [0.15, 0.2) is 6.54 Å². The van der Waals surface area contributed by atoms with Crippen LogP contribution >= 0.6 is 11.6 Å². The summed E-state index contributed by atoms with van der Waals surface area (Å²) in [4.78, 5) is 18.0. The van der Waals surface area contributed by atoms with Crippen LogP contribution in [0.25, 0.3) is 0 Å². The number of piperazine rings is 1.